The molecule has 0 heterocycles. The number of benzene rings is 1. The van der Waals surface area contributed by atoms with E-state index in [4.69, 9.17) is 0 Å². The van der Waals surface area contributed by atoms with Gasteiger partial charge in [0.1, 0.15) is 0 Å². The van der Waals surface area contributed by atoms with Crippen molar-refractivity contribution in [2.24, 2.45) is 0 Å². The molecule has 0 saturated carbocycles. The summed E-state index contributed by atoms with van der Waals surface area (Å²) < 4.78 is 5.09. The van der Waals surface area contributed by atoms with E-state index < -0.39 is 21.4 Å². The third kappa shape index (κ3) is 2.35. The summed E-state index contributed by atoms with van der Waals surface area (Å²) in [6, 6.07) is 11.2. The molecule has 0 saturated heterocycles. The zero-order valence-electron chi connectivity index (χ0n) is 10.8. The Balaban J connectivity index is 0.00000120. The molecule has 0 aliphatic heterocycles. The molecule has 1 aromatic carbocycles. The van der Waals surface area contributed by atoms with E-state index in [0.717, 1.165) is 0 Å². The Labute approximate surface area is 112 Å². The van der Waals surface area contributed by atoms with Crippen LogP contribution in [0.4, 0.5) is 0 Å². The summed E-state index contributed by atoms with van der Waals surface area (Å²) in [6.45, 7) is 0. The van der Waals surface area contributed by atoms with Crippen LogP contribution in [-0.2, 0) is 21.4 Å². The van der Waals surface area contributed by atoms with Crippen LogP contribution in [0, 0.1) is 0 Å². The van der Waals surface area contributed by atoms with Gasteiger partial charge in [0.05, 0.1) is 0 Å². The Morgan fingerprint density at radius 2 is 1.41 bits per heavy atom. The van der Waals surface area contributed by atoms with Gasteiger partial charge in [-0.15, -0.1) is 0 Å². The van der Waals surface area contributed by atoms with Crippen molar-refractivity contribution in [3.05, 3.63) is 73.4 Å². The minimum Gasteiger partial charge on any atom is -1.00 e. The maximum Gasteiger partial charge on any atom is -1.00 e. The maximum atomic E-state index is 2.37. The van der Waals surface area contributed by atoms with Gasteiger partial charge in [-0.05, 0) is 0 Å². The van der Waals surface area contributed by atoms with Crippen molar-refractivity contribution in [3.63, 3.8) is 0 Å². The molecule has 0 unspecified atom stereocenters. The van der Waals surface area contributed by atoms with E-state index in [0.29, 0.717) is 0 Å². The average Bonchev–Trinajstić information content (AvgIpc) is 3.04. The van der Waals surface area contributed by atoms with Crippen molar-refractivity contribution in [1.29, 1.82) is 0 Å². The number of hydrogen-bond donors (Lipinski definition) is 0. The van der Waals surface area contributed by atoms with E-state index >= 15 is 0 Å². The van der Waals surface area contributed by atoms with Gasteiger partial charge < -0.3 is 1.43 Å². The Kier molecular flexibility index (Phi) is 3.37. The summed E-state index contributed by atoms with van der Waals surface area (Å²) in [5.41, 5.74) is 0. The van der Waals surface area contributed by atoms with Crippen molar-refractivity contribution in [2.75, 3.05) is 0 Å². The smallest absolute Gasteiger partial charge is 1.00 e. The van der Waals surface area contributed by atoms with Crippen molar-refractivity contribution in [3.8, 4) is 0 Å². The largest absolute Gasteiger partial charge is 1.00 e. The van der Waals surface area contributed by atoms with E-state index in [2.05, 4.69) is 66.8 Å². The Hall–Kier alpha value is -0.950. The molecule has 0 atom stereocenters. The van der Waals surface area contributed by atoms with Crippen LogP contribution in [0.15, 0.2) is 73.4 Å². The molecule has 0 fully saturated rings. The Morgan fingerprint density at radius 3 is 1.88 bits per heavy atom. The molecule has 0 nitrogen and oxygen atoms in total. The average molecular weight is 387 g/mol. The summed E-state index contributed by atoms with van der Waals surface area (Å²) in [5.74, 6) is 0. The second-order valence-corrected chi connectivity index (χ2v) is 13.8. The zero-order valence-corrected chi connectivity index (χ0v) is 13.4. The molecule has 0 aromatic heterocycles. The first-order valence-corrected chi connectivity index (χ1v) is 11.5. The molecule has 85 valence electrons. The van der Waals surface area contributed by atoms with E-state index in [1.165, 1.54) is 12.8 Å². The topological polar surface area (TPSA) is 0 Å². The second-order valence-electron chi connectivity index (χ2n) is 4.39. The standard InChI is InChI=1S/C6H5.2C5H5.Hf.H/c1-2-4-6-5-3-1;2*1-2-4-5-3-1;;/h1-5H;2*1-3H,4H2;;/q;;;;-1. The van der Waals surface area contributed by atoms with E-state index in [-0.39, 0.29) is 1.43 Å². The Morgan fingerprint density at radius 1 is 0.824 bits per heavy atom. The van der Waals surface area contributed by atoms with Gasteiger partial charge in [0.15, 0.2) is 0 Å². The van der Waals surface area contributed by atoms with Crippen LogP contribution in [0.5, 0.6) is 0 Å². The predicted octanol–water partition coefficient (Wildman–Crippen LogP) is 3.73. The van der Waals surface area contributed by atoms with Gasteiger partial charge in [0, 0.05) is 0 Å². The first-order chi connectivity index (χ1) is 8.45. The van der Waals surface area contributed by atoms with Crippen molar-refractivity contribution >= 4 is 3.32 Å². The van der Waals surface area contributed by atoms with Gasteiger partial charge >= 0.3 is 111 Å². The quantitative estimate of drug-likeness (QED) is 0.694. The molecule has 1 heteroatoms. The summed E-state index contributed by atoms with van der Waals surface area (Å²) >= 11 is -1.94. The first kappa shape index (κ1) is 11.2. The third-order valence-electron chi connectivity index (χ3n) is 3.25. The van der Waals surface area contributed by atoms with E-state index in [9.17, 15) is 0 Å². The summed E-state index contributed by atoms with van der Waals surface area (Å²) in [6.07, 6.45) is 16.2. The molecule has 3 rings (SSSR count). The molecule has 1 aromatic rings. The Bertz CT molecular complexity index is 493. The maximum absolute atomic E-state index is 2.37. The zero-order chi connectivity index (χ0) is 11.5. The molecule has 17 heavy (non-hydrogen) atoms. The van der Waals surface area contributed by atoms with Crippen LogP contribution >= 0.6 is 0 Å². The molecule has 0 radical (unpaired) electrons. The molecular formula is C16H16Hf-. The van der Waals surface area contributed by atoms with Crippen LogP contribution < -0.4 is 3.32 Å². The number of rotatable bonds is 3. The van der Waals surface area contributed by atoms with Crippen molar-refractivity contribution < 1.29 is 22.9 Å². The minimum atomic E-state index is -1.94. The molecular weight excluding hydrogens is 371 g/mol. The van der Waals surface area contributed by atoms with Crippen LogP contribution in [0.1, 0.15) is 14.3 Å². The SMILES string of the molecule is C1=CC[C]([Hf]([C]2=CC=CC2)[c]2ccccc2)=C1.[H-]. The molecule has 0 spiro atoms. The van der Waals surface area contributed by atoms with Crippen LogP contribution in [0.2, 0.25) is 0 Å². The van der Waals surface area contributed by atoms with Gasteiger partial charge in [0.25, 0.3) is 0 Å². The fourth-order valence-electron chi connectivity index (χ4n) is 2.45. The normalized spacial score (nSPS) is 17.2. The predicted molar refractivity (Wildman–Crippen MR) is 70.9 cm³/mol. The fraction of sp³-hybridized carbons (Fsp3) is 0.125. The summed E-state index contributed by atoms with van der Waals surface area (Å²) in [5, 5.41) is 0. The third-order valence-corrected chi connectivity index (χ3v) is 13.8. The van der Waals surface area contributed by atoms with Gasteiger partial charge in [0.2, 0.25) is 0 Å². The van der Waals surface area contributed by atoms with E-state index in [1.807, 2.05) is 0 Å². The minimum absolute atomic E-state index is 0. The number of allylic oxidation sites excluding steroid dienone is 8. The fourth-order valence-corrected chi connectivity index (χ4v) is 12.7. The molecule has 0 bridgehead atoms. The summed E-state index contributed by atoms with van der Waals surface area (Å²) in [7, 11) is 0. The molecule has 0 amide bonds. The van der Waals surface area contributed by atoms with Crippen molar-refractivity contribution in [2.45, 2.75) is 12.8 Å². The van der Waals surface area contributed by atoms with Crippen LogP contribution in [0.3, 0.4) is 0 Å². The van der Waals surface area contributed by atoms with Gasteiger partial charge in [-0.1, -0.05) is 0 Å². The molecule has 2 aliphatic carbocycles. The molecule has 0 N–H and O–H groups in total. The second kappa shape index (κ2) is 5.14. The van der Waals surface area contributed by atoms with Gasteiger partial charge in [-0.25, -0.2) is 0 Å². The van der Waals surface area contributed by atoms with Crippen LogP contribution in [-0.4, -0.2) is 0 Å². The van der Waals surface area contributed by atoms with Crippen molar-refractivity contribution in [1.82, 2.24) is 0 Å². The van der Waals surface area contributed by atoms with Gasteiger partial charge in [-0.2, -0.15) is 0 Å². The monoisotopic (exact) mass is 388 g/mol. The van der Waals surface area contributed by atoms with E-state index in [1.54, 1.807) is 9.98 Å². The van der Waals surface area contributed by atoms with Crippen LogP contribution in [0.25, 0.3) is 0 Å². The first-order valence-electron chi connectivity index (χ1n) is 6.09. The molecule has 2 aliphatic rings. The summed E-state index contributed by atoms with van der Waals surface area (Å²) in [4.78, 5) is 0. The number of hydrogen-bond acceptors (Lipinski definition) is 0. The van der Waals surface area contributed by atoms with Gasteiger partial charge in [-0.3, -0.25) is 0 Å².